The van der Waals surface area contributed by atoms with E-state index >= 15 is 0 Å². The first-order chi connectivity index (χ1) is 10.6. The van der Waals surface area contributed by atoms with E-state index in [0.717, 1.165) is 6.54 Å². The largest absolute Gasteiger partial charge is 0.383 e. The van der Waals surface area contributed by atoms with Crippen molar-refractivity contribution >= 4 is 11.8 Å². The molecule has 2 atom stereocenters. The number of nitrogens with zero attached hydrogens (tertiary/aromatic N) is 2. The fourth-order valence-corrected chi connectivity index (χ4v) is 3.46. The van der Waals surface area contributed by atoms with E-state index in [-0.39, 0.29) is 23.7 Å². The van der Waals surface area contributed by atoms with Crippen LogP contribution in [0.25, 0.3) is 0 Å². The van der Waals surface area contributed by atoms with Gasteiger partial charge in [-0.3, -0.25) is 19.4 Å². The Morgan fingerprint density at radius 2 is 1.77 bits per heavy atom. The van der Waals surface area contributed by atoms with Gasteiger partial charge in [0.1, 0.15) is 0 Å². The van der Waals surface area contributed by atoms with Crippen molar-refractivity contribution in [3.63, 3.8) is 0 Å². The molecule has 0 spiro atoms. The van der Waals surface area contributed by atoms with Crippen molar-refractivity contribution in [2.75, 3.05) is 33.4 Å². The van der Waals surface area contributed by atoms with Crippen LogP contribution in [0.2, 0.25) is 0 Å². The molecule has 0 radical (unpaired) electrons. The number of amides is 2. The molecule has 2 heterocycles. The van der Waals surface area contributed by atoms with E-state index in [9.17, 15) is 9.59 Å². The molecule has 2 amide bonds. The molecule has 3 rings (SSSR count). The number of ether oxygens (including phenoxy) is 1. The predicted octanol–water partition coefficient (Wildman–Crippen LogP) is 1.06. The number of methoxy groups -OCH3 is 1. The lowest BCUT2D eigenvalue weighted by Gasteiger charge is -2.21. The Kier molecular flexibility index (Phi) is 4.27. The topological polar surface area (TPSA) is 49.9 Å². The molecule has 0 saturated carbocycles. The summed E-state index contributed by atoms with van der Waals surface area (Å²) in [6, 6.07) is 8.26. The number of likely N-dealkylation sites (tertiary alicyclic amines) is 2. The molecule has 0 aromatic heterocycles. The van der Waals surface area contributed by atoms with Crippen molar-refractivity contribution in [2.45, 2.75) is 13.5 Å². The number of imide groups is 1. The lowest BCUT2D eigenvalue weighted by Crippen LogP contribution is -2.37. The zero-order chi connectivity index (χ0) is 15.7. The van der Waals surface area contributed by atoms with E-state index in [4.69, 9.17) is 4.74 Å². The van der Waals surface area contributed by atoms with Crippen LogP contribution >= 0.6 is 0 Å². The lowest BCUT2D eigenvalue weighted by atomic mass is 10.00. The normalized spacial score (nSPS) is 25.1. The van der Waals surface area contributed by atoms with Gasteiger partial charge < -0.3 is 4.74 Å². The van der Waals surface area contributed by atoms with E-state index in [1.54, 1.807) is 7.11 Å². The molecule has 0 bridgehead atoms. The van der Waals surface area contributed by atoms with E-state index < -0.39 is 0 Å². The minimum Gasteiger partial charge on any atom is -0.383 e. The minimum atomic E-state index is -0.173. The molecule has 2 saturated heterocycles. The summed E-state index contributed by atoms with van der Waals surface area (Å²) in [6.07, 6.45) is 0. The highest BCUT2D eigenvalue weighted by Crippen LogP contribution is 2.34. The minimum absolute atomic E-state index is 0.0284. The first-order valence-corrected chi connectivity index (χ1v) is 7.73. The molecule has 2 aliphatic rings. The zero-order valence-electron chi connectivity index (χ0n) is 13.1. The predicted molar refractivity (Wildman–Crippen MR) is 82.0 cm³/mol. The fraction of sp³-hybridized carbons (Fsp3) is 0.529. The maximum atomic E-state index is 12.4. The Bertz CT molecular complexity index is 563. The van der Waals surface area contributed by atoms with Crippen molar-refractivity contribution < 1.29 is 14.3 Å². The van der Waals surface area contributed by atoms with E-state index in [1.807, 2.05) is 12.1 Å². The average molecular weight is 302 g/mol. The van der Waals surface area contributed by atoms with Gasteiger partial charge in [-0.1, -0.05) is 24.3 Å². The zero-order valence-corrected chi connectivity index (χ0v) is 13.1. The van der Waals surface area contributed by atoms with Gasteiger partial charge in [-0.15, -0.1) is 0 Å². The quantitative estimate of drug-likeness (QED) is 0.763. The van der Waals surface area contributed by atoms with Crippen LogP contribution in [0.3, 0.4) is 0 Å². The summed E-state index contributed by atoms with van der Waals surface area (Å²) in [5.74, 6) is -0.402. The van der Waals surface area contributed by atoms with Gasteiger partial charge in [0.25, 0.3) is 0 Å². The average Bonchev–Trinajstić information content (AvgIpc) is 3.01. The van der Waals surface area contributed by atoms with Crippen molar-refractivity contribution in [3.05, 3.63) is 35.4 Å². The van der Waals surface area contributed by atoms with Crippen LogP contribution in [0.1, 0.15) is 11.1 Å². The van der Waals surface area contributed by atoms with Gasteiger partial charge in [0.2, 0.25) is 11.8 Å². The van der Waals surface area contributed by atoms with Gasteiger partial charge in [-0.2, -0.15) is 0 Å². The SMILES string of the molecule is COCCN1C(=O)[C@H]2CN(Cc3ccccc3C)C[C@H]2C1=O. The molecule has 1 aromatic rings. The third-order valence-corrected chi connectivity index (χ3v) is 4.74. The Balaban J connectivity index is 1.66. The van der Waals surface area contributed by atoms with Crippen LogP contribution in [0.15, 0.2) is 24.3 Å². The molecule has 2 aliphatic heterocycles. The first kappa shape index (κ1) is 15.2. The summed E-state index contributed by atoms with van der Waals surface area (Å²) in [7, 11) is 1.58. The van der Waals surface area contributed by atoms with Crippen LogP contribution in [0.5, 0.6) is 0 Å². The highest BCUT2D eigenvalue weighted by Gasteiger charge is 2.51. The highest BCUT2D eigenvalue weighted by atomic mass is 16.5. The van der Waals surface area contributed by atoms with Crippen molar-refractivity contribution in [1.82, 2.24) is 9.80 Å². The second-order valence-electron chi connectivity index (χ2n) is 6.15. The molecule has 0 aliphatic carbocycles. The summed E-state index contributed by atoms with van der Waals surface area (Å²) in [5.41, 5.74) is 2.51. The monoisotopic (exact) mass is 302 g/mol. The fourth-order valence-electron chi connectivity index (χ4n) is 3.46. The maximum Gasteiger partial charge on any atom is 0.234 e. The summed E-state index contributed by atoms with van der Waals surface area (Å²) in [4.78, 5) is 28.4. The number of carbonyl (C=O) groups excluding carboxylic acids is 2. The van der Waals surface area contributed by atoms with E-state index in [2.05, 4.69) is 24.0 Å². The number of fused-ring (bicyclic) bond motifs is 1. The van der Waals surface area contributed by atoms with Gasteiger partial charge in [0.05, 0.1) is 25.0 Å². The van der Waals surface area contributed by atoms with Gasteiger partial charge >= 0.3 is 0 Å². The molecule has 5 heteroatoms. The molecular formula is C17H22N2O3. The van der Waals surface area contributed by atoms with Gasteiger partial charge in [0, 0.05) is 26.7 Å². The lowest BCUT2D eigenvalue weighted by molar-refractivity contribution is -0.141. The Labute approximate surface area is 130 Å². The third kappa shape index (κ3) is 2.66. The van der Waals surface area contributed by atoms with Crippen molar-refractivity contribution in [2.24, 2.45) is 11.8 Å². The molecule has 2 fully saturated rings. The summed E-state index contributed by atoms with van der Waals surface area (Å²) in [6.45, 7) is 5.02. The van der Waals surface area contributed by atoms with Gasteiger partial charge in [0.15, 0.2) is 0 Å². The van der Waals surface area contributed by atoms with Crippen LogP contribution in [0.4, 0.5) is 0 Å². The van der Waals surface area contributed by atoms with Crippen LogP contribution < -0.4 is 0 Å². The Morgan fingerprint density at radius 1 is 1.14 bits per heavy atom. The molecule has 1 aromatic carbocycles. The van der Waals surface area contributed by atoms with E-state index in [0.29, 0.717) is 26.2 Å². The number of carbonyl (C=O) groups is 2. The van der Waals surface area contributed by atoms with Crippen LogP contribution in [-0.2, 0) is 20.9 Å². The third-order valence-electron chi connectivity index (χ3n) is 4.74. The van der Waals surface area contributed by atoms with Gasteiger partial charge in [-0.05, 0) is 18.1 Å². The number of aryl methyl sites for hydroxylation is 1. The Hall–Kier alpha value is -1.72. The molecule has 0 N–H and O–H groups in total. The second-order valence-corrected chi connectivity index (χ2v) is 6.15. The number of hydrogen-bond acceptors (Lipinski definition) is 4. The highest BCUT2D eigenvalue weighted by molar-refractivity contribution is 6.05. The molecular weight excluding hydrogens is 280 g/mol. The second kappa shape index (κ2) is 6.18. The van der Waals surface area contributed by atoms with Crippen LogP contribution in [-0.4, -0.2) is 55.0 Å². The first-order valence-electron chi connectivity index (χ1n) is 7.73. The number of hydrogen-bond donors (Lipinski definition) is 0. The molecule has 5 nitrogen and oxygen atoms in total. The summed E-state index contributed by atoms with van der Waals surface area (Å²) in [5, 5.41) is 0. The smallest absolute Gasteiger partial charge is 0.234 e. The Morgan fingerprint density at radius 3 is 2.36 bits per heavy atom. The summed E-state index contributed by atoms with van der Waals surface area (Å²) < 4.78 is 4.98. The molecule has 0 unspecified atom stereocenters. The van der Waals surface area contributed by atoms with Crippen molar-refractivity contribution in [1.29, 1.82) is 0 Å². The standard InChI is InChI=1S/C17H22N2O3/c1-12-5-3-4-6-13(12)9-18-10-14-15(11-18)17(21)19(16(14)20)7-8-22-2/h3-6,14-15H,7-11H2,1-2H3/t14-,15+. The van der Waals surface area contributed by atoms with Crippen molar-refractivity contribution in [3.8, 4) is 0 Å². The maximum absolute atomic E-state index is 12.4. The number of benzene rings is 1. The summed E-state index contributed by atoms with van der Waals surface area (Å²) >= 11 is 0. The van der Waals surface area contributed by atoms with Crippen LogP contribution in [0, 0.1) is 18.8 Å². The number of rotatable bonds is 5. The molecule has 22 heavy (non-hydrogen) atoms. The molecule has 118 valence electrons. The van der Waals surface area contributed by atoms with Gasteiger partial charge in [-0.25, -0.2) is 0 Å². The van der Waals surface area contributed by atoms with E-state index in [1.165, 1.54) is 16.0 Å².